The highest BCUT2D eigenvalue weighted by Crippen LogP contribution is 2.46. The summed E-state index contributed by atoms with van der Waals surface area (Å²) in [4.78, 5) is 45.5. The van der Waals surface area contributed by atoms with Gasteiger partial charge in [-0.3, -0.25) is 40.5 Å². The molecule has 0 radical (unpaired) electrons. The maximum absolute atomic E-state index is 11.5. The first-order chi connectivity index (χ1) is 67.2. The number of para-hydroxylation sites is 5. The number of aromatic nitrogens is 1. The van der Waals surface area contributed by atoms with Crippen molar-refractivity contribution < 1.29 is 57.7 Å². The third-order valence-corrected chi connectivity index (χ3v) is 29.8. The number of nitro benzene ring substituents is 4. The predicted octanol–water partition coefficient (Wildman–Crippen LogP) is 31.2. The zero-order chi connectivity index (χ0) is 103. The van der Waals surface area contributed by atoms with E-state index in [9.17, 15) is 40.5 Å². The van der Waals surface area contributed by atoms with Crippen LogP contribution in [0.3, 0.4) is 0 Å². The minimum absolute atomic E-state index is 0.0241. The number of halogens is 9. The SMILES string of the molecule is CC1(C)OB(B2OC(C)(C)C(C)(C)O2)OC1(C)C.CC1(C)OB(c2ccccc2[N+](=O)[O-])OC1(C)C.Clc1cc(-c2ccc3ccccc3c2)c2c(c1)[nH]c1ccccc12.Clc1ccc(I)c(Br)c1.Ic1ccccc1.O=[N+]([O-])c1ccccc1-c1ccc(Cl)cc1-c1ccc2ccccc2c1.O=[N+]([O-])c1ccccc1-c1ccc(Cl)cc1Br.O=[N+]([O-])c1ccccc1Br.OB(O)c1ccc2ccccc2c1. The van der Waals surface area contributed by atoms with Gasteiger partial charge in [0.05, 0.1) is 74.4 Å². The number of H-pyrrole nitrogens is 1. The van der Waals surface area contributed by atoms with E-state index < -0.39 is 54.2 Å². The molecule has 0 spiro atoms. The summed E-state index contributed by atoms with van der Waals surface area (Å²) >= 11 is 38.5. The molecule has 16 aromatic carbocycles. The second-order valence-corrected chi connectivity index (χ2v) is 42.4. The molecule has 0 amide bonds. The smallest absolute Gasteiger partial charge is 0.423 e. The highest BCUT2D eigenvalue weighted by atomic mass is 127. The molecule has 0 aliphatic carbocycles. The maximum atomic E-state index is 11.5. The van der Waals surface area contributed by atoms with Gasteiger partial charge in [-0.25, -0.2) is 0 Å². The average molecular weight is 2400 g/mol. The molecule has 0 bridgehead atoms. The van der Waals surface area contributed by atoms with Crippen molar-refractivity contribution in [1.29, 1.82) is 0 Å². The summed E-state index contributed by atoms with van der Waals surface area (Å²) in [5, 5.41) is 73.5. The topological polar surface area (TPSA) is 284 Å². The fraction of sp³-hybridized carbons (Fsp3) is 0.167. The van der Waals surface area contributed by atoms with E-state index in [-0.39, 0.29) is 50.1 Å². The number of aromatic amines is 1. The Morgan fingerprint density at radius 3 is 1.14 bits per heavy atom. The molecular weight excluding hydrogens is 2300 g/mol. The van der Waals surface area contributed by atoms with Crippen LogP contribution in [0.15, 0.2) is 359 Å². The summed E-state index contributed by atoms with van der Waals surface area (Å²) in [6.07, 6.45) is 0. The van der Waals surface area contributed by atoms with Crippen molar-refractivity contribution >= 4 is 255 Å². The molecule has 4 heterocycles. The highest BCUT2D eigenvalue weighted by molar-refractivity contribution is 14.1. The molecule has 17 aromatic rings. The lowest BCUT2D eigenvalue weighted by molar-refractivity contribution is -0.385. The molecule has 20 rings (SSSR count). The van der Waals surface area contributed by atoms with Gasteiger partial charge in [0, 0.05) is 87.8 Å². The summed E-state index contributed by atoms with van der Waals surface area (Å²) in [5.41, 5.74) is 7.93. The van der Waals surface area contributed by atoms with Gasteiger partial charge in [0.2, 0.25) is 0 Å². The fourth-order valence-electron chi connectivity index (χ4n) is 15.0. The number of nitro groups is 4. The van der Waals surface area contributed by atoms with Crippen molar-refractivity contribution in [1.82, 2.24) is 4.98 Å². The van der Waals surface area contributed by atoms with Crippen molar-refractivity contribution in [3.05, 3.63) is 427 Å². The Bertz CT molecular complexity index is 7350. The Morgan fingerprint density at radius 2 is 0.690 bits per heavy atom. The molecular formula is C108H96B4Br3Cl4I2N5O16. The van der Waals surface area contributed by atoms with Gasteiger partial charge in [-0.05, 0) is 329 Å². The minimum Gasteiger partial charge on any atom is -0.423 e. The Labute approximate surface area is 897 Å². The van der Waals surface area contributed by atoms with Crippen LogP contribution in [0.2, 0.25) is 20.1 Å². The molecule has 3 N–H and O–H groups in total. The summed E-state index contributed by atoms with van der Waals surface area (Å²) in [7, 11) is -3.03. The van der Waals surface area contributed by atoms with E-state index in [2.05, 4.69) is 201 Å². The molecule has 0 atom stereocenters. The number of hydrogen-bond donors (Lipinski definition) is 3. The molecule has 3 saturated heterocycles. The lowest BCUT2D eigenvalue weighted by atomic mass is 9.49. The highest BCUT2D eigenvalue weighted by Gasteiger charge is 2.64. The van der Waals surface area contributed by atoms with E-state index in [0.29, 0.717) is 36.6 Å². The van der Waals surface area contributed by atoms with Crippen LogP contribution in [-0.4, -0.2) is 96.6 Å². The number of nitrogens with zero attached hydrogens (tertiary/aromatic N) is 4. The number of nitrogens with one attached hydrogen (secondary N) is 1. The van der Waals surface area contributed by atoms with Crippen LogP contribution in [-0.2, 0) is 27.9 Å². The van der Waals surface area contributed by atoms with Gasteiger partial charge in [0.1, 0.15) is 0 Å². The fourth-order valence-corrected chi connectivity index (χ4v) is 18.1. The van der Waals surface area contributed by atoms with Crippen LogP contribution < -0.4 is 10.9 Å². The largest absolute Gasteiger partial charge is 0.501 e. The van der Waals surface area contributed by atoms with Crippen molar-refractivity contribution in [3.8, 4) is 44.5 Å². The van der Waals surface area contributed by atoms with Crippen molar-refractivity contribution in [2.24, 2.45) is 0 Å². The molecule has 0 saturated carbocycles. The van der Waals surface area contributed by atoms with Crippen LogP contribution in [0.4, 0.5) is 22.7 Å². The van der Waals surface area contributed by atoms with Gasteiger partial charge < -0.3 is 43.0 Å². The Hall–Kier alpha value is -10.3. The molecule has 21 nitrogen and oxygen atoms in total. The van der Waals surface area contributed by atoms with Crippen LogP contribution in [0.25, 0.3) is 98.6 Å². The molecule has 34 heteroatoms. The zero-order valence-corrected chi connectivity index (χ0v) is 91.1. The zero-order valence-electron chi connectivity index (χ0n) is 79.0. The predicted molar refractivity (Wildman–Crippen MR) is 608 cm³/mol. The standard InChI is InChI=1S/C22H14ClNO2.C22H14ClN.C12H24B2O4.C12H16BNO4.C12H7BrClNO2.C10H9BO2.C6H3BrClI.C6H4BrNO2.C6H5I/c23-18-11-12-19(20-7-3-4-8-22(20)24(25)26)21(14-18)17-10-9-15-5-1-2-6-16(15)13-17;23-17-12-19(16-10-9-14-5-1-2-6-15(14)11-16)22-18-7-3-4-8-20(18)24-21(22)13-17;1-9(2)10(3,4)16-13(15-9)14-17-11(5,6)12(7,8)18-14;1-11(2)12(3,4)18-13(17-11)9-7-5-6-8-10(9)14(15)16;13-11-7-8(14)5-6-9(11)10-3-1-2-4-12(10)15(16)17;12-11(13)10-6-5-8-3-1-2-4-9(8)7-10;7-5-3-4(8)1-2-6(5)9;7-5-3-1-2-4-6(5)8(9)10;7-6-4-2-1-3-5-6/h1-14H;1-13,24H;1-8H3;5-8H,1-4H3;1-7H;1-7,12-13H;1-3H;1-4H;1-5H. The lowest BCUT2D eigenvalue weighted by Crippen LogP contribution is -2.41. The molecule has 3 aliphatic heterocycles. The van der Waals surface area contributed by atoms with Crippen LogP contribution in [0.1, 0.15) is 83.1 Å². The molecule has 1 aromatic heterocycles. The van der Waals surface area contributed by atoms with Gasteiger partial charge in [-0.2, -0.15) is 0 Å². The average Bonchev–Trinajstić information content (AvgIpc) is 1.59. The summed E-state index contributed by atoms with van der Waals surface area (Å²) in [6, 6.07) is 108. The lowest BCUT2D eigenvalue weighted by Gasteiger charge is -2.32. The number of benzene rings is 16. The van der Waals surface area contributed by atoms with E-state index in [4.69, 9.17) is 84.4 Å². The van der Waals surface area contributed by atoms with E-state index in [0.717, 1.165) is 73.8 Å². The monoisotopic (exact) mass is 2390 g/mol. The van der Waals surface area contributed by atoms with Gasteiger partial charge >= 0.3 is 28.3 Å². The maximum Gasteiger partial charge on any atom is 0.501 e. The molecule has 3 aliphatic rings. The van der Waals surface area contributed by atoms with Crippen molar-refractivity contribution in [2.75, 3.05) is 0 Å². The minimum atomic E-state index is -1.38. The van der Waals surface area contributed by atoms with Gasteiger partial charge in [0.15, 0.2) is 0 Å². The summed E-state index contributed by atoms with van der Waals surface area (Å²) in [6.45, 7) is 23.9. The van der Waals surface area contributed by atoms with Gasteiger partial charge in [0.25, 0.3) is 22.7 Å². The van der Waals surface area contributed by atoms with E-state index in [1.807, 2.05) is 192 Å². The molecule has 142 heavy (non-hydrogen) atoms. The third-order valence-electron chi connectivity index (χ3n) is 24.5. The first-order valence-electron chi connectivity index (χ1n) is 44.5. The van der Waals surface area contributed by atoms with Gasteiger partial charge in [-0.15, -0.1) is 0 Å². The summed E-state index contributed by atoms with van der Waals surface area (Å²) < 4.78 is 40.2. The van der Waals surface area contributed by atoms with Crippen LogP contribution in [0.5, 0.6) is 0 Å². The Kier molecular flexibility index (Phi) is 37.8. The first kappa shape index (κ1) is 110. The van der Waals surface area contributed by atoms with Crippen molar-refractivity contribution in [3.63, 3.8) is 0 Å². The third kappa shape index (κ3) is 28.1. The second kappa shape index (κ2) is 48.6. The normalized spacial score (nSPS) is 14.5. The van der Waals surface area contributed by atoms with Crippen LogP contribution in [0, 0.1) is 47.6 Å². The van der Waals surface area contributed by atoms with E-state index in [1.54, 1.807) is 109 Å². The first-order valence-corrected chi connectivity index (χ1v) is 50.5. The number of hydrogen-bond acceptors (Lipinski definition) is 16. The quantitative estimate of drug-likeness (QED) is 0.0357. The van der Waals surface area contributed by atoms with E-state index >= 15 is 0 Å². The number of rotatable bonds is 11. The molecule has 724 valence electrons. The molecule has 3 fully saturated rings. The second-order valence-electron chi connectivity index (χ2n) is 35.7. The van der Waals surface area contributed by atoms with E-state index in [1.165, 1.54) is 64.1 Å². The summed E-state index contributed by atoms with van der Waals surface area (Å²) in [5.74, 6) is 0. The Balaban J connectivity index is 0.000000146. The number of fused-ring (bicyclic) bond motifs is 6. The van der Waals surface area contributed by atoms with Crippen LogP contribution >= 0.6 is 139 Å². The van der Waals surface area contributed by atoms with Gasteiger partial charge in [-0.1, -0.05) is 281 Å². The Morgan fingerprint density at radius 1 is 0.317 bits per heavy atom. The van der Waals surface area contributed by atoms with Crippen molar-refractivity contribution in [2.45, 2.75) is 117 Å². The molecule has 0 unspecified atom stereocenters.